The van der Waals surface area contributed by atoms with Gasteiger partial charge in [-0.2, -0.15) is 0 Å². The van der Waals surface area contributed by atoms with Gasteiger partial charge in [0.25, 0.3) is 6.54 Å². The molecule has 8 aromatic carbocycles. The fourth-order valence-corrected chi connectivity index (χ4v) is 11.0. The third-order valence-electron chi connectivity index (χ3n) is 17.2. The number of carbonyl (C=O) groups is 13. The zero-order valence-electron chi connectivity index (χ0n) is 64.2. The summed E-state index contributed by atoms with van der Waals surface area (Å²) in [5, 5.41) is 13.9. The van der Waals surface area contributed by atoms with E-state index in [4.69, 9.17) is 6.57 Å². The molecule has 0 unspecified atom stereocenters. The van der Waals surface area contributed by atoms with Gasteiger partial charge in [0.2, 0.25) is 53.2 Å². The lowest BCUT2D eigenvalue weighted by Crippen LogP contribution is -2.55. The maximum atomic E-state index is 12.8. The second-order valence-electron chi connectivity index (χ2n) is 26.7. The Bertz CT molecular complexity index is 4760. The number of Topliss-reactive ketones (excluding diaryl/α,β-unsaturated/α-hetero) is 1. The standard InChI is InChI=1S/C19H20N2O2.C19H22N2O2.C18H16N2O3.C12H15NO2.C11H12N2O.C6H8N2O3/c1-13-7-8-14(2)16(11-13)20-18(22)12-19(23)21-10-9-15-5-3-4-6-17(15)21;1-12-5-7-14(3)16(9-12)20-18(22)11-19(23)21-17-10-13(2)6-8-15(17)4;1-12-8-9-13(2)15(10-12)20-17(22)11-16(21)19(18(20)23)14-6-4-3-5-7-14;1-8-4-5-9(2)11(6-8)13-12(15)7-10(3)14;1-8-4-5-9(2)10(6-8)13-11(14)7-12-3;1-7-4(9)3-5(10)8(2)6(7)11/h3-8,11H,9-10,12H2,1-2H3,(H,20,22);5-10H,11H2,1-4H3,(H,20,22)(H,21,23);3-10H,11H2,1-2H3;4-6H,7H2,1-3H3,(H,13,15);4-6H,7H2,1-2H3,(H,13,14);3H2,1-2H3. The molecule has 0 saturated carbocycles. The molecule has 0 spiro atoms. The lowest BCUT2D eigenvalue weighted by atomic mass is 10.1. The Hall–Kier alpha value is -13.0. The largest absolute Gasteiger partial charge is 0.342 e. The summed E-state index contributed by atoms with van der Waals surface area (Å²) in [5.41, 5.74) is 19.0. The topological polar surface area (TPSA) is 303 Å². The normalized spacial score (nSPS) is 12.6. The number of nitrogens with one attached hydrogen (secondary N) is 5. The number of hydrogen-bond acceptors (Lipinski definition) is 13. The summed E-state index contributed by atoms with van der Waals surface area (Å²) < 4.78 is 0. The zero-order chi connectivity index (χ0) is 80.5. The first-order chi connectivity index (χ1) is 51.5. The molecule has 24 nitrogen and oxygen atoms in total. The number of carbonyl (C=O) groups excluding carboxylic acids is 13. The number of nitrogens with zero attached hydrogens (tertiary/aromatic N) is 6. The molecule has 3 aliphatic heterocycles. The Kier molecular flexibility index (Phi) is 31.1. The minimum atomic E-state index is -0.633. The van der Waals surface area contributed by atoms with Crippen LogP contribution in [0, 0.1) is 89.7 Å². The van der Waals surface area contributed by atoms with E-state index in [9.17, 15) is 62.3 Å². The molecule has 2 saturated heterocycles. The second kappa shape index (κ2) is 39.9. The first-order valence-corrected chi connectivity index (χ1v) is 35.0. The molecule has 0 radical (unpaired) electrons. The van der Waals surface area contributed by atoms with E-state index in [2.05, 4.69) is 31.4 Å². The zero-order valence-corrected chi connectivity index (χ0v) is 64.2. The number of imide groups is 4. The molecular formula is C85H93N11O13. The Morgan fingerprint density at radius 1 is 0.376 bits per heavy atom. The van der Waals surface area contributed by atoms with Crippen LogP contribution in [0.2, 0.25) is 0 Å². The van der Waals surface area contributed by atoms with E-state index in [1.807, 2.05) is 210 Å². The second-order valence-corrected chi connectivity index (χ2v) is 26.7. The third kappa shape index (κ3) is 25.3. The molecule has 0 bridgehead atoms. The number of urea groups is 2. The van der Waals surface area contributed by atoms with E-state index in [-0.39, 0.29) is 79.9 Å². The van der Waals surface area contributed by atoms with Gasteiger partial charge in [0.05, 0.1) is 17.8 Å². The van der Waals surface area contributed by atoms with Crippen molar-refractivity contribution in [3.63, 3.8) is 0 Å². The Balaban J connectivity index is 0.000000208. The van der Waals surface area contributed by atoms with E-state index in [1.165, 1.54) is 21.0 Å². The predicted octanol–water partition coefficient (Wildman–Crippen LogP) is 14.1. The van der Waals surface area contributed by atoms with Gasteiger partial charge in [0.15, 0.2) is 0 Å². The van der Waals surface area contributed by atoms with Gasteiger partial charge < -0.3 is 36.3 Å². The van der Waals surface area contributed by atoms with E-state index < -0.39 is 35.7 Å². The van der Waals surface area contributed by atoms with Gasteiger partial charge in [-0.15, -0.1) is 0 Å². The van der Waals surface area contributed by atoms with Crippen molar-refractivity contribution in [3.8, 4) is 0 Å². The van der Waals surface area contributed by atoms with E-state index in [0.29, 0.717) is 17.9 Å². The maximum absolute atomic E-state index is 12.8. The summed E-state index contributed by atoms with van der Waals surface area (Å²) >= 11 is 0. The van der Waals surface area contributed by atoms with Crippen LogP contribution >= 0.6 is 0 Å². The van der Waals surface area contributed by atoms with Gasteiger partial charge in [-0.3, -0.25) is 62.5 Å². The Morgan fingerprint density at radius 3 is 1.14 bits per heavy atom. The van der Waals surface area contributed by atoms with Crippen LogP contribution in [0.15, 0.2) is 164 Å². The van der Waals surface area contributed by atoms with Gasteiger partial charge in [-0.1, -0.05) is 109 Å². The Labute approximate surface area is 636 Å². The summed E-state index contributed by atoms with van der Waals surface area (Å²) in [6.45, 7) is 31.7. The van der Waals surface area contributed by atoms with Gasteiger partial charge in [-0.25, -0.2) is 26.0 Å². The molecule has 566 valence electrons. The Morgan fingerprint density at radius 2 is 0.725 bits per heavy atom. The molecule has 3 heterocycles. The SMILES string of the molecule is CC(=O)CC(=O)Nc1cc(C)ccc1C.CN1C(=O)CC(=O)N(C)C1=O.Cc1ccc(C)c(N2C(=O)CC(=O)N(c3ccccc3)C2=O)c1.Cc1ccc(C)c(NC(=O)CC(=O)N2CCc3ccccc32)c1.Cc1ccc(C)c(NC(=O)CC(=O)Nc2cc(C)ccc2C)c1.[C-]#[N+]CC(=O)Nc1cc(C)ccc1C. The van der Waals surface area contributed by atoms with Gasteiger partial charge >= 0.3 is 18.0 Å². The van der Waals surface area contributed by atoms with Gasteiger partial charge in [-0.05, 0) is 223 Å². The van der Waals surface area contributed by atoms with Crippen LogP contribution in [-0.4, -0.2) is 114 Å². The summed E-state index contributed by atoms with van der Waals surface area (Å²) in [4.78, 5) is 161. The third-order valence-corrected chi connectivity index (χ3v) is 17.2. The number of ketones is 1. The van der Waals surface area contributed by atoms with E-state index >= 15 is 0 Å². The molecule has 3 aliphatic rings. The minimum absolute atomic E-state index is 0.0621. The lowest BCUT2D eigenvalue weighted by Gasteiger charge is -2.33. The van der Waals surface area contributed by atoms with Crippen LogP contribution in [0.1, 0.15) is 111 Å². The van der Waals surface area contributed by atoms with Crippen LogP contribution in [0.5, 0.6) is 0 Å². The van der Waals surface area contributed by atoms with Crippen molar-refractivity contribution in [2.75, 3.05) is 68.5 Å². The van der Waals surface area contributed by atoms with E-state index in [1.54, 1.807) is 41.3 Å². The molecule has 24 heteroatoms. The number of para-hydroxylation sites is 2. The molecule has 8 aromatic rings. The van der Waals surface area contributed by atoms with Crippen molar-refractivity contribution < 1.29 is 62.3 Å². The average Bonchev–Trinajstić information content (AvgIpc) is 1.21. The number of rotatable bonds is 14. The highest BCUT2D eigenvalue weighted by molar-refractivity contribution is 6.35. The van der Waals surface area contributed by atoms with Crippen LogP contribution in [0.4, 0.5) is 55.1 Å². The number of hydrogen-bond donors (Lipinski definition) is 5. The van der Waals surface area contributed by atoms with Crippen molar-refractivity contribution in [1.29, 1.82) is 0 Å². The highest BCUT2D eigenvalue weighted by Gasteiger charge is 2.40. The van der Waals surface area contributed by atoms with Crippen LogP contribution in [0.3, 0.4) is 0 Å². The molecule has 0 atom stereocenters. The molecule has 5 N–H and O–H groups in total. The fourth-order valence-electron chi connectivity index (χ4n) is 11.0. The monoisotopic (exact) mass is 1480 g/mol. The van der Waals surface area contributed by atoms with Crippen molar-refractivity contribution in [3.05, 3.63) is 248 Å². The summed E-state index contributed by atoms with van der Waals surface area (Å²) in [6.07, 6.45) is -0.0941. The van der Waals surface area contributed by atoms with Crippen LogP contribution < -0.4 is 41.3 Å². The molecule has 11 rings (SSSR count). The lowest BCUT2D eigenvalue weighted by molar-refractivity contribution is -0.141. The minimum Gasteiger partial charge on any atom is -0.325 e. The van der Waals surface area contributed by atoms with E-state index in [0.717, 1.165) is 132 Å². The average molecular weight is 1480 g/mol. The summed E-state index contributed by atoms with van der Waals surface area (Å²) in [7, 11) is 2.71. The van der Waals surface area contributed by atoms with Crippen molar-refractivity contribution in [2.45, 2.75) is 129 Å². The molecule has 14 amide bonds. The first kappa shape index (κ1) is 84.9. The highest BCUT2D eigenvalue weighted by atomic mass is 16.2. The maximum Gasteiger partial charge on any atom is 0.342 e. The van der Waals surface area contributed by atoms with Gasteiger partial charge in [0, 0.05) is 54.8 Å². The number of fused-ring (bicyclic) bond motifs is 1. The number of amides is 14. The van der Waals surface area contributed by atoms with Gasteiger partial charge in [0.1, 0.15) is 31.5 Å². The molecular weight excluding hydrogens is 1380 g/mol. The number of benzene rings is 8. The summed E-state index contributed by atoms with van der Waals surface area (Å²) in [6, 6.07) is 50.0. The smallest absolute Gasteiger partial charge is 0.325 e. The predicted molar refractivity (Wildman–Crippen MR) is 424 cm³/mol. The quantitative estimate of drug-likeness (QED) is 0.0500. The molecule has 2 fully saturated rings. The number of aryl methyl sites for hydroxylation is 12. The molecule has 109 heavy (non-hydrogen) atoms. The van der Waals surface area contributed by atoms with Crippen LogP contribution in [-0.2, 0) is 59.2 Å². The molecule has 0 aliphatic carbocycles. The van der Waals surface area contributed by atoms with Crippen molar-refractivity contribution in [2.24, 2.45) is 0 Å². The molecule has 0 aromatic heterocycles. The van der Waals surface area contributed by atoms with Crippen molar-refractivity contribution >= 4 is 122 Å². The van der Waals surface area contributed by atoms with Crippen LogP contribution in [0.25, 0.3) is 4.85 Å². The van der Waals surface area contributed by atoms with Crippen molar-refractivity contribution in [1.82, 2.24) is 9.80 Å². The highest BCUT2D eigenvalue weighted by Crippen LogP contribution is 2.31. The number of anilines is 8. The fraction of sp³-hybridized carbons (Fsp3) is 0.271. The number of barbiturate groups is 2. The first-order valence-electron chi connectivity index (χ1n) is 35.0. The summed E-state index contributed by atoms with van der Waals surface area (Å²) in [5.74, 6) is -3.60.